The highest BCUT2D eigenvalue weighted by Gasteiger charge is 2.26. The number of benzene rings is 1. The van der Waals surface area contributed by atoms with Crippen LogP contribution in [0.25, 0.3) is 10.9 Å². The predicted octanol–water partition coefficient (Wildman–Crippen LogP) is 2.55. The van der Waals surface area contributed by atoms with Gasteiger partial charge >= 0.3 is 0 Å². The summed E-state index contributed by atoms with van der Waals surface area (Å²) in [5.41, 5.74) is 1.16. The van der Waals surface area contributed by atoms with Gasteiger partial charge in [-0.15, -0.1) is 11.8 Å². The van der Waals surface area contributed by atoms with Gasteiger partial charge in [-0.25, -0.2) is 8.42 Å². The highest BCUT2D eigenvalue weighted by atomic mass is 32.2. The van der Waals surface area contributed by atoms with Crippen LogP contribution in [0, 0.1) is 5.92 Å². The SMILES string of the molecule is Cn1cc(SCC(=O)N2CCC[C@@H](CS(C)(=O)=O)C2)c2ccccc21. The number of thioether (sulfide) groups is 1. The van der Waals surface area contributed by atoms with Gasteiger partial charge in [0, 0.05) is 48.4 Å². The molecule has 1 fully saturated rings. The monoisotopic (exact) mass is 380 g/mol. The summed E-state index contributed by atoms with van der Waals surface area (Å²) in [6.07, 6.45) is 5.09. The van der Waals surface area contributed by atoms with Gasteiger partial charge in [-0.05, 0) is 24.8 Å². The molecule has 1 saturated heterocycles. The van der Waals surface area contributed by atoms with Crippen LogP contribution in [-0.4, -0.2) is 54.6 Å². The topological polar surface area (TPSA) is 59.4 Å². The van der Waals surface area contributed by atoms with Crippen molar-refractivity contribution in [3.8, 4) is 0 Å². The molecule has 1 aromatic carbocycles. The highest BCUT2D eigenvalue weighted by molar-refractivity contribution is 8.00. The molecule has 1 aliphatic rings. The Morgan fingerprint density at radius 1 is 1.32 bits per heavy atom. The van der Waals surface area contributed by atoms with Crippen molar-refractivity contribution in [2.45, 2.75) is 17.7 Å². The fourth-order valence-corrected chi connectivity index (χ4v) is 5.66. The molecule has 25 heavy (non-hydrogen) atoms. The van der Waals surface area contributed by atoms with Crippen LogP contribution in [-0.2, 0) is 21.7 Å². The second kappa shape index (κ2) is 7.41. The standard InChI is InChI=1S/C18H24N2O3S2/c1-19-11-17(15-7-3-4-8-16(15)19)24-12-18(21)20-9-5-6-14(10-20)13-25(2,22)23/h3-4,7-8,11,14H,5-6,9-10,12-13H2,1-2H3/t14-/m1/s1. The fraction of sp³-hybridized carbons (Fsp3) is 0.500. The first-order chi connectivity index (χ1) is 11.8. The smallest absolute Gasteiger partial charge is 0.232 e. The summed E-state index contributed by atoms with van der Waals surface area (Å²) in [7, 11) is -0.987. The number of carbonyl (C=O) groups excluding carboxylic acids is 1. The van der Waals surface area contributed by atoms with Crippen molar-refractivity contribution in [2.24, 2.45) is 13.0 Å². The van der Waals surface area contributed by atoms with Crippen LogP contribution in [0.4, 0.5) is 0 Å². The maximum absolute atomic E-state index is 12.6. The molecule has 0 unspecified atom stereocenters. The quantitative estimate of drug-likeness (QED) is 0.748. The zero-order valence-electron chi connectivity index (χ0n) is 14.6. The number of aryl methyl sites for hydroxylation is 1. The summed E-state index contributed by atoms with van der Waals surface area (Å²) in [6, 6.07) is 8.17. The zero-order valence-corrected chi connectivity index (χ0v) is 16.3. The molecule has 0 spiro atoms. The number of fused-ring (bicyclic) bond motifs is 1. The molecule has 2 heterocycles. The number of piperidine rings is 1. The maximum Gasteiger partial charge on any atom is 0.232 e. The van der Waals surface area contributed by atoms with Crippen LogP contribution >= 0.6 is 11.8 Å². The first-order valence-electron chi connectivity index (χ1n) is 8.46. The Morgan fingerprint density at radius 3 is 2.84 bits per heavy atom. The molecule has 2 aromatic rings. The van der Waals surface area contributed by atoms with E-state index in [0.717, 1.165) is 35.2 Å². The third-order valence-corrected chi connectivity index (χ3v) is 6.73. The van der Waals surface area contributed by atoms with Crippen molar-refractivity contribution in [3.63, 3.8) is 0 Å². The molecule has 0 radical (unpaired) electrons. The molecular weight excluding hydrogens is 356 g/mol. The number of nitrogens with zero attached hydrogens (tertiary/aromatic N) is 2. The Kier molecular flexibility index (Phi) is 5.43. The van der Waals surface area contributed by atoms with Gasteiger partial charge in [0.05, 0.1) is 11.5 Å². The Bertz CT molecular complexity index is 874. The van der Waals surface area contributed by atoms with E-state index in [1.54, 1.807) is 11.8 Å². The number of likely N-dealkylation sites (tertiary alicyclic amines) is 1. The van der Waals surface area contributed by atoms with Gasteiger partial charge in [-0.3, -0.25) is 4.79 Å². The molecule has 1 atom stereocenters. The normalized spacial score (nSPS) is 18.6. The van der Waals surface area contributed by atoms with E-state index in [-0.39, 0.29) is 17.6 Å². The number of aromatic nitrogens is 1. The molecule has 1 aromatic heterocycles. The lowest BCUT2D eigenvalue weighted by Gasteiger charge is -2.32. The summed E-state index contributed by atoms with van der Waals surface area (Å²) < 4.78 is 25.1. The Labute approximate surface area is 153 Å². The van der Waals surface area contributed by atoms with Crippen molar-refractivity contribution in [1.82, 2.24) is 9.47 Å². The highest BCUT2D eigenvalue weighted by Crippen LogP contribution is 2.30. The summed E-state index contributed by atoms with van der Waals surface area (Å²) in [5.74, 6) is 0.721. The average molecular weight is 381 g/mol. The van der Waals surface area contributed by atoms with Gasteiger partial charge in [0.2, 0.25) is 5.91 Å². The second-order valence-corrected chi connectivity index (χ2v) is 10.1. The van der Waals surface area contributed by atoms with Crippen molar-refractivity contribution < 1.29 is 13.2 Å². The van der Waals surface area contributed by atoms with E-state index < -0.39 is 9.84 Å². The zero-order chi connectivity index (χ0) is 18.0. The summed E-state index contributed by atoms with van der Waals surface area (Å²) in [5, 5.41) is 1.16. The van der Waals surface area contributed by atoms with E-state index in [2.05, 4.69) is 22.9 Å². The Hall–Kier alpha value is -1.47. The third kappa shape index (κ3) is 4.58. The number of hydrogen-bond acceptors (Lipinski definition) is 4. The summed E-state index contributed by atoms with van der Waals surface area (Å²) in [6.45, 7) is 1.29. The first kappa shape index (κ1) is 18.3. The van der Waals surface area contributed by atoms with Crippen LogP contribution in [0.15, 0.2) is 35.4 Å². The lowest BCUT2D eigenvalue weighted by atomic mass is 10.0. The van der Waals surface area contributed by atoms with Gasteiger partial charge < -0.3 is 9.47 Å². The van der Waals surface area contributed by atoms with Gasteiger partial charge in [-0.2, -0.15) is 0 Å². The number of para-hydroxylation sites is 1. The molecule has 1 amide bonds. The largest absolute Gasteiger partial charge is 0.349 e. The molecule has 0 aliphatic carbocycles. The Morgan fingerprint density at radius 2 is 2.08 bits per heavy atom. The predicted molar refractivity (Wildman–Crippen MR) is 103 cm³/mol. The minimum atomic E-state index is -3.00. The second-order valence-electron chi connectivity index (χ2n) is 6.85. The lowest BCUT2D eigenvalue weighted by molar-refractivity contribution is -0.129. The number of sulfone groups is 1. The fourth-order valence-electron chi connectivity index (χ4n) is 3.51. The summed E-state index contributed by atoms with van der Waals surface area (Å²) >= 11 is 1.56. The number of rotatable bonds is 5. The summed E-state index contributed by atoms with van der Waals surface area (Å²) in [4.78, 5) is 15.5. The molecule has 136 valence electrons. The van der Waals surface area contributed by atoms with E-state index in [0.29, 0.717) is 12.3 Å². The Balaban J connectivity index is 1.62. The van der Waals surface area contributed by atoms with Crippen molar-refractivity contribution in [1.29, 1.82) is 0 Å². The van der Waals surface area contributed by atoms with Crippen molar-refractivity contribution in [3.05, 3.63) is 30.5 Å². The molecule has 7 heteroatoms. The minimum absolute atomic E-state index is 0.0651. The minimum Gasteiger partial charge on any atom is -0.349 e. The molecule has 0 saturated carbocycles. The molecule has 3 rings (SSSR count). The average Bonchev–Trinajstić information content (AvgIpc) is 2.88. The van der Waals surface area contributed by atoms with Gasteiger partial charge in [0.1, 0.15) is 9.84 Å². The van der Waals surface area contributed by atoms with Gasteiger partial charge in [-0.1, -0.05) is 18.2 Å². The molecule has 5 nitrogen and oxygen atoms in total. The van der Waals surface area contributed by atoms with Crippen molar-refractivity contribution >= 4 is 38.4 Å². The van der Waals surface area contributed by atoms with E-state index in [4.69, 9.17) is 0 Å². The molecule has 0 N–H and O–H groups in total. The third-order valence-electron chi connectivity index (χ3n) is 4.62. The number of carbonyl (C=O) groups is 1. The van der Waals surface area contributed by atoms with Crippen LogP contribution in [0.2, 0.25) is 0 Å². The van der Waals surface area contributed by atoms with Crippen LogP contribution in [0.1, 0.15) is 12.8 Å². The van der Waals surface area contributed by atoms with Gasteiger partial charge in [0.25, 0.3) is 0 Å². The number of amides is 1. The van der Waals surface area contributed by atoms with E-state index in [1.807, 2.05) is 24.1 Å². The molecular formula is C18H24N2O3S2. The van der Waals surface area contributed by atoms with E-state index in [1.165, 1.54) is 6.26 Å². The van der Waals surface area contributed by atoms with Crippen LogP contribution in [0.3, 0.4) is 0 Å². The lowest BCUT2D eigenvalue weighted by Crippen LogP contribution is -2.42. The van der Waals surface area contributed by atoms with Crippen LogP contribution in [0.5, 0.6) is 0 Å². The van der Waals surface area contributed by atoms with E-state index >= 15 is 0 Å². The first-order valence-corrected chi connectivity index (χ1v) is 11.5. The van der Waals surface area contributed by atoms with Crippen molar-refractivity contribution in [2.75, 3.05) is 30.9 Å². The molecule has 0 bridgehead atoms. The maximum atomic E-state index is 12.6. The number of hydrogen-bond donors (Lipinski definition) is 0. The van der Waals surface area contributed by atoms with Gasteiger partial charge in [0.15, 0.2) is 0 Å². The van der Waals surface area contributed by atoms with E-state index in [9.17, 15) is 13.2 Å². The molecule has 1 aliphatic heterocycles. The van der Waals surface area contributed by atoms with Crippen LogP contribution < -0.4 is 0 Å².